The van der Waals surface area contributed by atoms with Crippen molar-refractivity contribution in [3.63, 3.8) is 0 Å². The number of hydrogen-bond acceptors (Lipinski definition) is 4. The highest BCUT2D eigenvalue weighted by Gasteiger charge is 2.34. The Kier molecular flexibility index (Phi) is 10.6. The lowest BCUT2D eigenvalue weighted by Crippen LogP contribution is -2.53. The van der Waals surface area contributed by atoms with Crippen LogP contribution in [0.4, 0.5) is 5.69 Å². The molecule has 4 rings (SSSR count). The number of hydrogen-bond donors (Lipinski definition) is 1. The van der Waals surface area contributed by atoms with Crippen LogP contribution in [-0.2, 0) is 26.2 Å². The van der Waals surface area contributed by atoms with E-state index in [1.54, 1.807) is 48.5 Å². The smallest absolute Gasteiger partial charge is 0.264 e. The lowest BCUT2D eigenvalue weighted by molar-refractivity contribution is -0.140. The van der Waals surface area contributed by atoms with Crippen LogP contribution < -0.4 is 9.62 Å². The van der Waals surface area contributed by atoms with Crippen LogP contribution in [-0.4, -0.2) is 43.8 Å². The summed E-state index contributed by atoms with van der Waals surface area (Å²) in [5.41, 5.74) is 2.78. The number of anilines is 1. The summed E-state index contributed by atoms with van der Waals surface area (Å²) >= 11 is 12.4. The summed E-state index contributed by atoms with van der Waals surface area (Å²) in [5, 5.41) is 3.82. The standard InChI is InChI=1S/C32H37Cl2N3O4S/c1-4-30(32(39)35-25-10-8-9-11-25)36(20-24-14-15-28(33)29(34)19-24)31(38)21-37(26-17-22(2)16-23(3)18-26)42(40,41)27-12-6-5-7-13-27/h5-7,12-19,25,30H,4,8-11,20-21H2,1-3H3,(H,35,39). The van der Waals surface area contributed by atoms with Gasteiger partial charge in [0.25, 0.3) is 10.0 Å². The molecular weight excluding hydrogens is 593 g/mol. The summed E-state index contributed by atoms with van der Waals surface area (Å²) in [6.45, 7) is 5.16. The van der Waals surface area contributed by atoms with Gasteiger partial charge >= 0.3 is 0 Å². The number of amides is 2. The minimum absolute atomic E-state index is 0.0540. The predicted octanol–water partition coefficient (Wildman–Crippen LogP) is 6.67. The fraction of sp³-hybridized carbons (Fsp3) is 0.375. The summed E-state index contributed by atoms with van der Waals surface area (Å²) in [4.78, 5) is 29.3. The fourth-order valence-corrected chi connectivity index (χ4v) is 7.20. The number of nitrogens with one attached hydrogen (secondary N) is 1. The van der Waals surface area contributed by atoms with Gasteiger partial charge in [0.1, 0.15) is 12.6 Å². The Morgan fingerprint density at radius 2 is 1.57 bits per heavy atom. The first kappa shape index (κ1) is 31.9. The van der Waals surface area contributed by atoms with Gasteiger partial charge in [-0.1, -0.05) is 73.3 Å². The Balaban J connectivity index is 1.74. The van der Waals surface area contributed by atoms with Crippen LogP contribution in [0.15, 0.2) is 71.6 Å². The Labute approximate surface area is 258 Å². The number of sulfonamides is 1. The van der Waals surface area contributed by atoms with E-state index < -0.39 is 28.5 Å². The molecule has 3 aromatic rings. The third-order valence-electron chi connectivity index (χ3n) is 7.53. The van der Waals surface area contributed by atoms with Gasteiger partial charge in [0, 0.05) is 12.6 Å². The molecule has 224 valence electrons. The van der Waals surface area contributed by atoms with E-state index in [2.05, 4.69) is 5.32 Å². The number of benzene rings is 3. The fourth-order valence-electron chi connectivity index (χ4n) is 5.46. The molecule has 42 heavy (non-hydrogen) atoms. The average molecular weight is 631 g/mol. The second-order valence-corrected chi connectivity index (χ2v) is 13.5. The van der Waals surface area contributed by atoms with Crippen LogP contribution in [0.1, 0.15) is 55.7 Å². The van der Waals surface area contributed by atoms with Gasteiger partial charge in [0.15, 0.2) is 0 Å². The van der Waals surface area contributed by atoms with Gasteiger partial charge in [-0.3, -0.25) is 13.9 Å². The Morgan fingerprint density at radius 3 is 2.17 bits per heavy atom. The van der Waals surface area contributed by atoms with Crippen molar-refractivity contribution in [2.75, 3.05) is 10.8 Å². The molecule has 1 fully saturated rings. The van der Waals surface area contributed by atoms with Gasteiger partial charge in [-0.15, -0.1) is 0 Å². The minimum atomic E-state index is -4.13. The Hall–Kier alpha value is -3.07. The van der Waals surface area contributed by atoms with E-state index in [-0.39, 0.29) is 23.4 Å². The molecule has 0 aromatic heterocycles. The number of aryl methyl sites for hydroxylation is 2. The first-order valence-corrected chi connectivity index (χ1v) is 16.4. The van der Waals surface area contributed by atoms with Crippen molar-refractivity contribution in [1.82, 2.24) is 10.2 Å². The molecule has 0 bridgehead atoms. The maximum Gasteiger partial charge on any atom is 0.264 e. The van der Waals surface area contributed by atoms with Crippen molar-refractivity contribution in [3.05, 3.63) is 93.5 Å². The number of nitrogens with zero attached hydrogens (tertiary/aromatic N) is 2. The summed E-state index contributed by atoms with van der Waals surface area (Å²) in [6, 6.07) is 17.8. The van der Waals surface area contributed by atoms with E-state index in [4.69, 9.17) is 23.2 Å². The molecule has 3 aromatic carbocycles. The lowest BCUT2D eigenvalue weighted by atomic mass is 10.1. The number of halogens is 2. The second-order valence-electron chi connectivity index (χ2n) is 10.9. The van der Waals surface area contributed by atoms with E-state index in [0.29, 0.717) is 27.7 Å². The summed E-state index contributed by atoms with van der Waals surface area (Å²) < 4.78 is 29.1. The summed E-state index contributed by atoms with van der Waals surface area (Å²) in [5.74, 6) is -0.755. The molecule has 0 saturated heterocycles. The van der Waals surface area contributed by atoms with E-state index in [1.165, 1.54) is 17.0 Å². The highest BCUT2D eigenvalue weighted by atomic mass is 35.5. The van der Waals surface area contributed by atoms with Gasteiger partial charge in [0.2, 0.25) is 11.8 Å². The monoisotopic (exact) mass is 629 g/mol. The summed E-state index contributed by atoms with van der Waals surface area (Å²) in [6.07, 6.45) is 4.25. The molecule has 1 aliphatic rings. The van der Waals surface area contributed by atoms with Gasteiger partial charge in [0.05, 0.1) is 20.6 Å². The van der Waals surface area contributed by atoms with E-state index in [9.17, 15) is 18.0 Å². The molecule has 1 atom stereocenters. The maximum absolute atomic E-state index is 14.3. The number of rotatable bonds is 11. The van der Waals surface area contributed by atoms with Crippen molar-refractivity contribution in [2.45, 2.75) is 76.4 Å². The Bertz CT molecular complexity index is 1510. The highest BCUT2D eigenvalue weighted by molar-refractivity contribution is 7.92. The van der Waals surface area contributed by atoms with Gasteiger partial charge < -0.3 is 10.2 Å². The van der Waals surface area contributed by atoms with Crippen molar-refractivity contribution in [3.8, 4) is 0 Å². The first-order valence-electron chi connectivity index (χ1n) is 14.2. The zero-order valence-electron chi connectivity index (χ0n) is 24.1. The van der Waals surface area contributed by atoms with Crippen molar-refractivity contribution < 1.29 is 18.0 Å². The topological polar surface area (TPSA) is 86.8 Å². The molecule has 7 nitrogen and oxygen atoms in total. The van der Waals surface area contributed by atoms with Crippen molar-refractivity contribution in [2.24, 2.45) is 0 Å². The molecule has 1 saturated carbocycles. The molecule has 1 N–H and O–H groups in total. The third kappa shape index (κ3) is 7.65. The highest BCUT2D eigenvalue weighted by Crippen LogP contribution is 2.28. The molecular formula is C32H37Cl2N3O4S. The van der Waals surface area contributed by atoms with Gasteiger partial charge in [-0.25, -0.2) is 8.42 Å². The van der Waals surface area contributed by atoms with Gasteiger partial charge in [-0.05, 0) is 86.2 Å². The van der Waals surface area contributed by atoms with E-state index >= 15 is 0 Å². The van der Waals surface area contributed by atoms with E-state index in [0.717, 1.165) is 41.1 Å². The largest absolute Gasteiger partial charge is 0.352 e. The van der Waals surface area contributed by atoms with Crippen LogP contribution in [0.3, 0.4) is 0 Å². The van der Waals surface area contributed by atoms with Crippen LogP contribution >= 0.6 is 23.2 Å². The summed E-state index contributed by atoms with van der Waals surface area (Å²) in [7, 11) is -4.13. The molecule has 2 amide bonds. The van der Waals surface area contributed by atoms with Crippen molar-refractivity contribution in [1.29, 1.82) is 0 Å². The third-order valence-corrected chi connectivity index (χ3v) is 10.1. The lowest BCUT2D eigenvalue weighted by Gasteiger charge is -2.34. The SMILES string of the molecule is CCC(C(=O)NC1CCCC1)N(Cc1ccc(Cl)c(Cl)c1)C(=O)CN(c1cc(C)cc(C)c1)S(=O)(=O)c1ccccc1. The zero-order valence-corrected chi connectivity index (χ0v) is 26.5. The number of carbonyl (C=O) groups is 2. The van der Waals surface area contributed by atoms with Gasteiger partial charge in [-0.2, -0.15) is 0 Å². The Morgan fingerprint density at radius 1 is 0.929 bits per heavy atom. The van der Waals surface area contributed by atoms with Crippen LogP contribution in [0.5, 0.6) is 0 Å². The maximum atomic E-state index is 14.3. The molecule has 0 heterocycles. The quantitative estimate of drug-likeness (QED) is 0.256. The molecule has 0 radical (unpaired) electrons. The van der Waals surface area contributed by atoms with Crippen LogP contribution in [0.2, 0.25) is 10.0 Å². The minimum Gasteiger partial charge on any atom is -0.352 e. The zero-order chi connectivity index (χ0) is 30.4. The molecule has 0 spiro atoms. The average Bonchev–Trinajstić information content (AvgIpc) is 3.46. The predicted molar refractivity (Wildman–Crippen MR) is 168 cm³/mol. The van der Waals surface area contributed by atoms with Crippen molar-refractivity contribution >= 4 is 50.7 Å². The molecule has 1 aliphatic carbocycles. The first-order chi connectivity index (χ1) is 20.0. The second kappa shape index (κ2) is 13.9. The van der Waals surface area contributed by atoms with Crippen LogP contribution in [0, 0.1) is 13.8 Å². The number of carbonyl (C=O) groups excluding carboxylic acids is 2. The normalized spacial score (nSPS) is 14.4. The molecule has 1 unspecified atom stereocenters. The van der Waals surface area contributed by atoms with E-state index in [1.807, 2.05) is 26.8 Å². The molecule has 10 heteroatoms. The molecule has 0 aliphatic heterocycles. The van der Waals surface area contributed by atoms with Crippen LogP contribution in [0.25, 0.3) is 0 Å².